The minimum Gasteiger partial charge on any atom is -0.300 e. The first-order valence-corrected chi connectivity index (χ1v) is 8.59. The number of rotatable bonds is 6. The number of fused-ring (bicyclic) bond motifs is 1. The van der Waals surface area contributed by atoms with E-state index in [9.17, 15) is 5.26 Å². The molecule has 0 amide bonds. The Balaban J connectivity index is 1.86. The lowest BCUT2D eigenvalue weighted by Crippen LogP contribution is -2.50. The zero-order valence-corrected chi connectivity index (χ0v) is 13.3. The maximum atomic E-state index is 9.44. The van der Waals surface area contributed by atoms with E-state index in [4.69, 9.17) is 0 Å². The van der Waals surface area contributed by atoms with Crippen LogP contribution >= 0.6 is 0 Å². The molecule has 1 saturated carbocycles. The molecule has 3 nitrogen and oxygen atoms in total. The van der Waals surface area contributed by atoms with E-state index < -0.39 is 0 Å². The second-order valence-corrected chi connectivity index (χ2v) is 6.91. The molecule has 2 rings (SSSR count). The SMILES string of the molecule is CCCNC(C)(C#N)CCN1CCCC2CCCCC21. The highest BCUT2D eigenvalue weighted by molar-refractivity contribution is 5.04. The fraction of sp³-hybridized carbons (Fsp3) is 0.941. The number of hydrogen-bond donors (Lipinski definition) is 1. The van der Waals surface area contributed by atoms with Crippen LogP contribution in [0.4, 0.5) is 0 Å². The lowest BCUT2D eigenvalue weighted by atomic mass is 9.78. The molecule has 3 atom stereocenters. The summed E-state index contributed by atoms with van der Waals surface area (Å²) in [6.07, 6.45) is 10.5. The van der Waals surface area contributed by atoms with Gasteiger partial charge in [-0.05, 0) is 64.5 Å². The van der Waals surface area contributed by atoms with E-state index >= 15 is 0 Å². The highest BCUT2D eigenvalue weighted by Crippen LogP contribution is 2.35. The second-order valence-electron chi connectivity index (χ2n) is 6.91. The zero-order valence-electron chi connectivity index (χ0n) is 13.3. The second kappa shape index (κ2) is 7.43. The van der Waals surface area contributed by atoms with Crippen LogP contribution in [0.1, 0.15) is 65.2 Å². The van der Waals surface area contributed by atoms with E-state index in [2.05, 4.69) is 30.1 Å². The van der Waals surface area contributed by atoms with Gasteiger partial charge in [0.2, 0.25) is 0 Å². The van der Waals surface area contributed by atoms with Crippen LogP contribution in [0.15, 0.2) is 0 Å². The molecule has 1 saturated heterocycles. The molecule has 0 spiro atoms. The van der Waals surface area contributed by atoms with Crippen molar-refractivity contribution in [3.05, 3.63) is 0 Å². The van der Waals surface area contributed by atoms with Gasteiger partial charge in [0.15, 0.2) is 0 Å². The van der Waals surface area contributed by atoms with Crippen molar-refractivity contribution in [2.45, 2.75) is 76.8 Å². The Labute approximate surface area is 124 Å². The summed E-state index contributed by atoms with van der Waals surface area (Å²) in [6, 6.07) is 3.30. The Kier molecular flexibility index (Phi) is 5.86. The van der Waals surface area contributed by atoms with Gasteiger partial charge < -0.3 is 4.90 Å². The molecular formula is C17H31N3. The minimum atomic E-state index is -0.350. The first-order chi connectivity index (χ1) is 9.68. The fourth-order valence-electron chi connectivity index (χ4n) is 3.96. The monoisotopic (exact) mass is 277 g/mol. The molecule has 3 unspecified atom stereocenters. The summed E-state index contributed by atoms with van der Waals surface area (Å²) in [5.41, 5.74) is -0.350. The molecular weight excluding hydrogens is 246 g/mol. The lowest BCUT2D eigenvalue weighted by molar-refractivity contribution is 0.0559. The molecule has 0 bridgehead atoms. The van der Waals surface area contributed by atoms with Crippen molar-refractivity contribution in [3.63, 3.8) is 0 Å². The van der Waals surface area contributed by atoms with Gasteiger partial charge in [0.25, 0.3) is 0 Å². The van der Waals surface area contributed by atoms with Crippen LogP contribution in [0.25, 0.3) is 0 Å². The summed E-state index contributed by atoms with van der Waals surface area (Å²) in [5, 5.41) is 12.9. The molecule has 1 aliphatic heterocycles. The van der Waals surface area contributed by atoms with Crippen LogP contribution in [0.3, 0.4) is 0 Å². The number of nitrogens with zero attached hydrogens (tertiary/aromatic N) is 2. The molecule has 2 fully saturated rings. The number of nitriles is 1. The normalized spacial score (nSPS) is 30.2. The third-order valence-corrected chi connectivity index (χ3v) is 5.27. The Morgan fingerprint density at radius 3 is 2.75 bits per heavy atom. The molecule has 114 valence electrons. The van der Waals surface area contributed by atoms with Crippen LogP contribution in [-0.4, -0.2) is 36.1 Å². The molecule has 1 aliphatic carbocycles. The van der Waals surface area contributed by atoms with Crippen molar-refractivity contribution in [2.75, 3.05) is 19.6 Å². The van der Waals surface area contributed by atoms with Gasteiger partial charge >= 0.3 is 0 Å². The first kappa shape index (κ1) is 15.8. The molecule has 0 aromatic rings. The Hall–Kier alpha value is -0.590. The summed E-state index contributed by atoms with van der Waals surface area (Å²) in [7, 11) is 0. The molecule has 0 aromatic carbocycles. The van der Waals surface area contributed by atoms with Gasteiger partial charge in [-0.1, -0.05) is 19.8 Å². The van der Waals surface area contributed by atoms with Gasteiger partial charge in [0.1, 0.15) is 5.54 Å². The Bertz CT molecular complexity index is 334. The van der Waals surface area contributed by atoms with Gasteiger partial charge in [-0.2, -0.15) is 5.26 Å². The van der Waals surface area contributed by atoms with E-state index in [1.54, 1.807) is 0 Å². The number of piperidine rings is 1. The predicted molar refractivity (Wildman–Crippen MR) is 83.5 cm³/mol. The van der Waals surface area contributed by atoms with Crippen molar-refractivity contribution in [1.82, 2.24) is 10.2 Å². The van der Waals surface area contributed by atoms with Crippen LogP contribution in [0.2, 0.25) is 0 Å². The summed E-state index contributed by atoms with van der Waals surface area (Å²) < 4.78 is 0. The fourth-order valence-corrected chi connectivity index (χ4v) is 3.96. The highest BCUT2D eigenvalue weighted by atomic mass is 15.2. The van der Waals surface area contributed by atoms with Crippen LogP contribution in [0.5, 0.6) is 0 Å². The van der Waals surface area contributed by atoms with Crippen molar-refractivity contribution >= 4 is 0 Å². The average Bonchev–Trinajstić information content (AvgIpc) is 2.51. The smallest absolute Gasteiger partial charge is 0.105 e. The molecule has 2 aliphatic rings. The molecule has 0 radical (unpaired) electrons. The quantitative estimate of drug-likeness (QED) is 0.809. The van der Waals surface area contributed by atoms with Gasteiger partial charge in [0.05, 0.1) is 6.07 Å². The van der Waals surface area contributed by atoms with Gasteiger partial charge in [-0.3, -0.25) is 5.32 Å². The van der Waals surface area contributed by atoms with Crippen LogP contribution in [0, 0.1) is 17.2 Å². The van der Waals surface area contributed by atoms with Gasteiger partial charge in [-0.25, -0.2) is 0 Å². The molecule has 20 heavy (non-hydrogen) atoms. The van der Waals surface area contributed by atoms with Crippen molar-refractivity contribution in [3.8, 4) is 6.07 Å². The van der Waals surface area contributed by atoms with Crippen LogP contribution < -0.4 is 5.32 Å². The minimum absolute atomic E-state index is 0.350. The van der Waals surface area contributed by atoms with Crippen LogP contribution in [-0.2, 0) is 0 Å². The maximum Gasteiger partial charge on any atom is 0.105 e. The lowest BCUT2D eigenvalue weighted by Gasteiger charge is -2.45. The largest absolute Gasteiger partial charge is 0.300 e. The van der Waals surface area contributed by atoms with Gasteiger partial charge in [0, 0.05) is 12.6 Å². The summed E-state index contributed by atoms with van der Waals surface area (Å²) in [4.78, 5) is 2.69. The van der Waals surface area contributed by atoms with E-state index in [0.717, 1.165) is 37.9 Å². The molecule has 3 heteroatoms. The van der Waals surface area contributed by atoms with Crippen molar-refractivity contribution in [1.29, 1.82) is 5.26 Å². The molecule has 1 heterocycles. The molecule has 1 N–H and O–H groups in total. The summed E-state index contributed by atoms with van der Waals surface area (Å²) >= 11 is 0. The standard InChI is InChI=1S/C17H31N3/c1-3-11-19-17(2,14-18)10-13-20-12-6-8-15-7-4-5-9-16(15)20/h15-16,19H,3-13H2,1-2H3. The maximum absolute atomic E-state index is 9.44. The first-order valence-electron chi connectivity index (χ1n) is 8.59. The van der Waals surface area contributed by atoms with E-state index in [0.29, 0.717) is 0 Å². The van der Waals surface area contributed by atoms with E-state index in [-0.39, 0.29) is 5.54 Å². The third kappa shape index (κ3) is 3.96. The summed E-state index contributed by atoms with van der Waals surface area (Å²) in [6.45, 7) is 7.49. The van der Waals surface area contributed by atoms with E-state index in [1.165, 1.54) is 45.1 Å². The third-order valence-electron chi connectivity index (χ3n) is 5.27. The predicted octanol–water partition coefficient (Wildman–Crippen LogP) is 3.31. The number of nitrogens with one attached hydrogen (secondary N) is 1. The Morgan fingerprint density at radius 1 is 1.25 bits per heavy atom. The van der Waals surface area contributed by atoms with Gasteiger partial charge in [-0.15, -0.1) is 0 Å². The highest BCUT2D eigenvalue weighted by Gasteiger charge is 2.34. The van der Waals surface area contributed by atoms with Crippen molar-refractivity contribution in [2.24, 2.45) is 5.92 Å². The number of hydrogen-bond acceptors (Lipinski definition) is 3. The van der Waals surface area contributed by atoms with Crippen molar-refractivity contribution < 1.29 is 0 Å². The summed E-state index contributed by atoms with van der Waals surface area (Å²) in [5.74, 6) is 0.939. The zero-order chi connectivity index (χ0) is 14.4. The number of likely N-dealkylation sites (tertiary alicyclic amines) is 1. The average molecular weight is 277 g/mol. The van der Waals surface area contributed by atoms with E-state index in [1.807, 2.05) is 0 Å². The topological polar surface area (TPSA) is 39.1 Å². The molecule has 0 aromatic heterocycles. The Morgan fingerprint density at radius 2 is 2.00 bits per heavy atom.